The Balaban J connectivity index is 1.94. The third-order valence-corrected chi connectivity index (χ3v) is 3.07. The van der Waals surface area contributed by atoms with Crippen LogP contribution in [0, 0.1) is 0 Å². The molecule has 1 heterocycles. The Morgan fingerprint density at radius 2 is 2.09 bits per heavy atom. The molecule has 0 bridgehead atoms. The Bertz CT molecular complexity index is 643. The van der Waals surface area contributed by atoms with Crippen LogP contribution in [0.3, 0.4) is 0 Å². The lowest BCUT2D eigenvalue weighted by atomic mass is 10.3. The van der Waals surface area contributed by atoms with Crippen LogP contribution in [0.2, 0.25) is 0 Å². The summed E-state index contributed by atoms with van der Waals surface area (Å²) in [4.78, 5) is 22.2. The molecule has 2 N–H and O–H groups in total. The fourth-order valence-corrected chi connectivity index (χ4v) is 1.84. The van der Waals surface area contributed by atoms with E-state index in [-0.39, 0.29) is 5.91 Å². The second kappa shape index (κ2) is 8.09. The van der Waals surface area contributed by atoms with Gasteiger partial charge < -0.3 is 20.3 Å². The first-order valence-electron chi connectivity index (χ1n) is 7.24. The average Bonchev–Trinajstić information content (AvgIpc) is 2.55. The normalized spacial score (nSPS) is 10.4. The maximum Gasteiger partial charge on any atom is 0.271 e. The summed E-state index contributed by atoms with van der Waals surface area (Å²) in [5.41, 5.74) is 1.13. The molecule has 0 atom stereocenters. The molecule has 0 fully saturated rings. The van der Waals surface area contributed by atoms with Crippen molar-refractivity contribution in [3.8, 4) is 5.75 Å². The first-order chi connectivity index (χ1) is 11.1. The molecule has 0 unspecified atom stereocenters. The van der Waals surface area contributed by atoms with Crippen LogP contribution in [0.15, 0.2) is 36.7 Å². The Hall–Kier alpha value is -2.67. The molecule has 0 spiro atoms. The largest absolute Gasteiger partial charge is 0.497 e. The summed E-state index contributed by atoms with van der Waals surface area (Å²) in [7, 11) is 5.51. The molecule has 0 radical (unpaired) electrons. The monoisotopic (exact) mass is 315 g/mol. The first-order valence-corrected chi connectivity index (χ1v) is 7.24. The van der Waals surface area contributed by atoms with Crippen molar-refractivity contribution in [3.05, 3.63) is 42.4 Å². The van der Waals surface area contributed by atoms with Crippen molar-refractivity contribution in [2.24, 2.45) is 0 Å². The minimum Gasteiger partial charge on any atom is -0.497 e. The lowest BCUT2D eigenvalue weighted by Crippen LogP contribution is -2.31. The van der Waals surface area contributed by atoms with Gasteiger partial charge in [0.25, 0.3) is 5.91 Å². The van der Waals surface area contributed by atoms with Crippen molar-refractivity contribution in [2.45, 2.75) is 0 Å². The zero-order valence-corrected chi connectivity index (χ0v) is 13.5. The quantitative estimate of drug-likeness (QED) is 0.806. The molecule has 122 valence electrons. The second-order valence-corrected chi connectivity index (χ2v) is 5.20. The van der Waals surface area contributed by atoms with E-state index in [1.54, 1.807) is 7.11 Å². The van der Waals surface area contributed by atoms with E-state index in [1.165, 1.54) is 12.4 Å². The highest BCUT2D eigenvalue weighted by Gasteiger charge is 2.07. The molecule has 0 aliphatic rings. The zero-order valence-electron chi connectivity index (χ0n) is 13.5. The summed E-state index contributed by atoms with van der Waals surface area (Å²) >= 11 is 0. The smallest absolute Gasteiger partial charge is 0.271 e. The van der Waals surface area contributed by atoms with E-state index < -0.39 is 0 Å². The average molecular weight is 315 g/mol. The van der Waals surface area contributed by atoms with E-state index in [9.17, 15) is 4.79 Å². The van der Waals surface area contributed by atoms with Crippen LogP contribution in [0.5, 0.6) is 5.75 Å². The van der Waals surface area contributed by atoms with Gasteiger partial charge in [0, 0.05) is 24.8 Å². The van der Waals surface area contributed by atoms with E-state index in [0.717, 1.165) is 18.0 Å². The number of methoxy groups -OCH3 is 1. The highest BCUT2D eigenvalue weighted by atomic mass is 16.5. The first kappa shape index (κ1) is 16.7. The van der Waals surface area contributed by atoms with Crippen molar-refractivity contribution in [1.29, 1.82) is 0 Å². The molecule has 7 heteroatoms. The maximum absolute atomic E-state index is 11.9. The number of ether oxygens (including phenoxy) is 1. The highest BCUT2D eigenvalue weighted by Crippen LogP contribution is 2.19. The molecule has 2 rings (SSSR count). The van der Waals surface area contributed by atoms with E-state index in [0.29, 0.717) is 18.1 Å². The van der Waals surface area contributed by atoms with Gasteiger partial charge in [0.05, 0.1) is 19.5 Å². The molecule has 7 nitrogen and oxygen atoms in total. The number of amides is 1. The number of hydrogen-bond donors (Lipinski definition) is 2. The number of anilines is 2. The second-order valence-electron chi connectivity index (χ2n) is 5.20. The predicted molar refractivity (Wildman–Crippen MR) is 89.2 cm³/mol. The summed E-state index contributed by atoms with van der Waals surface area (Å²) in [6.45, 7) is 1.34. The minimum absolute atomic E-state index is 0.229. The number of nitrogens with zero attached hydrogens (tertiary/aromatic N) is 3. The van der Waals surface area contributed by atoms with Gasteiger partial charge in [-0.3, -0.25) is 4.79 Å². The van der Waals surface area contributed by atoms with Crippen LogP contribution in [0.25, 0.3) is 0 Å². The van der Waals surface area contributed by atoms with Gasteiger partial charge in [-0.2, -0.15) is 0 Å². The van der Waals surface area contributed by atoms with Crippen LogP contribution < -0.4 is 15.4 Å². The van der Waals surface area contributed by atoms with Gasteiger partial charge in [-0.1, -0.05) is 6.07 Å². The van der Waals surface area contributed by atoms with E-state index in [2.05, 4.69) is 20.6 Å². The molecule has 0 aliphatic heterocycles. The molecule has 0 saturated heterocycles. The Morgan fingerprint density at radius 3 is 2.74 bits per heavy atom. The lowest BCUT2D eigenvalue weighted by molar-refractivity contribution is 0.0945. The molecule has 2 aromatic rings. The molecule has 0 aliphatic carbocycles. The van der Waals surface area contributed by atoms with Crippen LogP contribution in [-0.4, -0.2) is 55.1 Å². The van der Waals surface area contributed by atoms with Gasteiger partial charge in [-0.05, 0) is 26.2 Å². The minimum atomic E-state index is -0.229. The van der Waals surface area contributed by atoms with Crippen molar-refractivity contribution < 1.29 is 9.53 Å². The Morgan fingerprint density at radius 1 is 1.26 bits per heavy atom. The Labute approximate surface area is 135 Å². The molecular formula is C16H21N5O2. The number of aromatic nitrogens is 2. The number of carbonyl (C=O) groups is 1. The van der Waals surface area contributed by atoms with Crippen LogP contribution >= 0.6 is 0 Å². The van der Waals surface area contributed by atoms with E-state index in [4.69, 9.17) is 4.74 Å². The molecule has 1 amide bonds. The predicted octanol–water partition coefficient (Wildman–Crippen LogP) is 1.52. The van der Waals surface area contributed by atoms with Crippen LogP contribution in [0.1, 0.15) is 10.5 Å². The van der Waals surface area contributed by atoms with Gasteiger partial charge >= 0.3 is 0 Å². The molecule has 1 aromatic carbocycles. The number of nitrogens with one attached hydrogen (secondary N) is 2. The summed E-state index contributed by atoms with van der Waals surface area (Å²) in [6.07, 6.45) is 2.98. The maximum atomic E-state index is 11.9. The SMILES string of the molecule is COc1cccc(Nc2cnc(C(=O)NCCN(C)C)cn2)c1. The van der Waals surface area contributed by atoms with Crippen LogP contribution in [-0.2, 0) is 0 Å². The highest BCUT2D eigenvalue weighted by molar-refractivity contribution is 5.92. The van der Waals surface area contributed by atoms with Crippen molar-refractivity contribution in [1.82, 2.24) is 20.2 Å². The third-order valence-electron chi connectivity index (χ3n) is 3.07. The Kier molecular flexibility index (Phi) is 5.87. The number of hydrogen-bond acceptors (Lipinski definition) is 6. The van der Waals surface area contributed by atoms with Gasteiger partial charge in [0.1, 0.15) is 17.3 Å². The molecule has 23 heavy (non-hydrogen) atoms. The van der Waals surface area contributed by atoms with E-state index in [1.807, 2.05) is 43.3 Å². The number of likely N-dealkylation sites (N-methyl/N-ethyl adjacent to an activating group) is 1. The standard InChI is InChI=1S/C16H21N5O2/c1-21(2)8-7-17-16(22)14-10-19-15(11-18-14)20-12-5-4-6-13(9-12)23-3/h4-6,9-11H,7-8H2,1-3H3,(H,17,22)(H,19,20). The number of carbonyl (C=O) groups excluding carboxylic acids is 1. The molecule has 0 saturated carbocycles. The van der Waals surface area contributed by atoms with Gasteiger partial charge in [0.15, 0.2) is 0 Å². The topological polar surface area (TPSA) is 79.4 Å². The summed E-state index contributed by atoms with van der Waals surface area (Å²) in [5.74, 6) is 1.08. The summed E-state index contributed by atoms with van der Waals surface area (Å²) in [5, 5.41) is 5.91. The number of benzene rings is 1. The number of rotatable bonds is 7. The fraction of sp³-hybridized carbons (Fsp3) is 0.312. The van der Waals surface area contributed by atoms with Crippen LogP contribution in [0.4, 0.5) is 11.5 Å². The van der Waals surface area contributed by atoms with Gasteiger partial charge in [0.2, 0.25) is 0 Å². The lowest BCUT2D eigenvalue weighted by Gasteiger charge is -2.10. The molecular weight excluding hydrogens is 294 g/mol. The van der Waals surface area contributed by atoms with Crippen molar-refractivity contribution >= 4 is 17.4 Å². The summed E-state index contributed by atoms with van der Waals surface area (Å²) in [6, 6.07) is 7.48. The summed E-state index contributed by atoms with van der Waals surface area (Å²) < 4.78 is 5.17. The van der Waals surface area contributed by atoms with Crippen molar-refractivity contribution in [3.63, 3.8) is 0 Å². The third kappa shape index (κ3) is 5.23. The van der Waals surface area contributed by atoms with Gasteiger partial charge in [-0.25, -0.2) is 9.97 Å². The fourth-order valence-electron chi connectivity index (χ4n) is 1.84. The van der Waals surface area contributed by atoms with Gasteiger partial charge in [-0.15, -0.1) is 0 Å². The molecule has 1 aromatic heterocycles. The van der Waals surface area contributed by atoms with E-state index >= 15 is 0 Å². The van der Waals surface area contributed by atoms with Crippen molar-refractivity contribution in [2.75, 3.05) is 39.6 Å². The zero-order chi connectivity index (χ0) is 16.7.